The van der Waals surface area contributed by atoms with Gasteiger partial charge in [-0.2, -0.15) is 0 Å². The number of halogens is 1. The van der Waals surface area contributed by atoms with Crippen molar-refractivity contribution < 1.29 is 23.5 Å². The standard InChI is InChI=1S/C24H28FN3O4/c1-24(2,3)32-23(31)26-20-6-4-5-18(16-20)22(30)28-13-11-27(12-14-28)21(29)15-17-7-9-19(25)10-8-17/h4-10,16H,11-15H2,1-3H3,(H,26,31). The molecule has 2 aromatic carbocycles. The van der Waals surface area contributed by atoms with E-state index in [9.17, 15) is 18.8 Å². The molecule has 0 aliphatic carbocycles. The van der Waals surface area contributed by atoms with Crippen LogP contribution in [0.1, 0.15) is 36.7 Å². The maximum absolute atomic E-state index is 13.0. The van der Waals surface area contributed by atoms with E-state index in [-0.39, 0.29) is 24.1 Å². The molecule has 1 fully saturated rings. The van der Waals surface area contributed by atoms with Crippen LogP contribution in [-0.4, -0.2) is 59.5 Å². The lowest BCUT2D eigenvalue weighted by Crippen LogP contribution is -2.51. The largest absolute Gasteiger partial charge is 0.444 e. The third-order valence-corrected chi connectivity index (χ3v) is 4.94. The summed E-state index contributed by atoms with van der Waals surface area (Å²) >= 11 is 0. The quantitative estimate of drug-likeness (QED) is 0.785. The number of benzene rings is 2. The summed E-state index contributed by atoms with van der Waals surface area (Å²) in [6.45, 7) is 7.02. The second kappa shape index (κ2) is 9.80. The van der Waals surface area contributed by atoms with Crippen LogP contribution in [0, 0.1) is 5.82 Å². The third kappa shape index (κ3) is 6.54. The molecule has 0 radical (unpaired) electrons. The van der Waals surface area contributed by atoms with Crippen LogP contribution in [0.25, 0.3) is 0 Å². The number of carbonyl (C=O) groups excluding carboxylic acids is 3. The van der Waals surface area contributed by atoms with Crippen LogP contribution in [0.3, 0.4) is 0 Å². The zero-order chi connectivity index (χ0) is 23.3. The Morgan fingerprint density at radius 2 is 1.59 bits per heavy atom. The van der Waals surface area contributed by atoms with E-state index < -0.39 is 11.7 Å². The Labute approximate surface area is 187 Å². The summed E-state index contributed by atoms with van der Waals surface area (Å²) in [4.78, 5) is 40.8. The van der Waals surface area contributed by atoms with Gasteiger partial charge in [0, 0.05) is 37.4 Å². The number of hydrogen-bond acceptors (Lipinski definition) is 4. The van der Waals surface area contributed by atoms with Crippen molar-refractivity contribution in [2.24, 2.45) is 0 Å². The Hall–Kier alpha value is -3.42. The Morgan fingerprint density at radius 3 is 2.22 bits per heavy atom. The SMILES string of the molecule is CC(C)(C)OC(=O)Nc1cccc(C(=O)N2CCN(C(=O)Cc3ccc(F)cc3)CC2)c1. The molecule has 32 heavy (non-hydrogen) atoms. The van der Waals surface area contributed by atoms with E-state index in [4.69, 9.17) is 4.74 Å². The highest BCUT2D eigenvalue weighted by atomic mass is 19.1. The molecular weight excluding hydrogens is 413 g/mol. The molecule has 7 nitrogen and oxygen atoms in total. The summed E-state index contributed by atoms with van der Waals surface area (Å²) in [6, 6.07) is 12.6. The summed E-state index contributed by atoms with van der Waals surface area (Å²) in [6.07, 6.45) is -0.387. The van der Waals surface area contributed by atoms with Gasteiger partial charge < -0.3 is 14.5 Å². The van der Waals surface area contributed by atoms with E-state index in [1.807, 2.05) is 0 Å². The average Bonchev–Trinajstić information content (AvgIpc) is 2.73. The Balaban J connectivity index is 1.54. The zero-order valence-electron chi connectivity index (χ0n) is 18.6. The number of piperazine rings is 1. The number of amides is 3. The normalized spacial score (nSPS) is 14.1. The van der Waals surface area contributed by atoms with Crippen molar-refractivity contribution in [3.05, 3.63) is 65.5 Å². The number of nitrogens with one attached hydrogen (secondary N) is 1. The number of hydrogen-bond donors (Lipinski definition) is 1. The van der Waals surface area contributed by atoms with Crippen molar-refractivity contribution in [1.29, 1.82) is 0 Å². The first-order valence-electron chi connectivity index (χ1n) is 10.5. The number of nitrogens with zero attached hydrogens (tertiary/aromatic N) is 2. The predicted molar refractivity (Wildman–Crippen MR) is 119 cm³/mol. The molecule has 1 aliphatic heterocycles. The van der Waals surface area contributed by atoms with Gasteiger partial charge >= 0.3 is 6.09 Å². The van der Waals surface area contributed by atoms with Gasteiger partial charge in [0.05, 0.1) is 6.42 Å². The molecule has 0 bridgehead atoms. The number of anilines is 1. The summed E-state index contributed by atoms with van der Waals surface area (Å²) in [7, 11) is 0. The third-order valence-electron chi connectivity index (χ3n) is 4.94. The van der Waals surface area contributed by atoms with Crippen molar-refractivity contribution >= 4 is 23.6 Å². The lowest BCUT2D eigenvalue weighted by atomic mass is 10.1. The molecule has 0 spiro atoms. The van der Waals surface area contributed by atoms with E-state index in [1.165, 1.54) is 12.1 Å². The molecule has 1 aliphatic rings. The first-order valence-corrected chi connectivity index (χ1v) is 10.5. The van der Waals surface area contributed by atoms with Gasteiger partial charge in [-0.25, -0.2) is 9.18 Å². The van der Waals surface area contributed by atoms with Gasteiger partial charge in [0.15, 0.2) is 0 Å². The Morgan fingerprint density at radius 1 is 0.969 bits per heavy atom. The number of ether oxygens (including phenoxy) is 1. The summed E-state index contributed by atoms with van der Waals surface area (Å²) < 4.78 is 18.3. The lowest BCUT2D eigenvalue weighted by molar-refractivity contribution is -0.131. The first-order chi connectivity index (χ1) is 15.1. The van der Waals surface area contributed by atoms with Crippen molar-refractivity contribution in [2.75, 3.05) is 31.5 Å². The van der Waals surface area contributed by atoms with Gasteiger partial charge in [0.2, 0.25) is 5.91 Å². The molecule has 0 unspecified atom stereocenters. The topological polar surface area (TPSA) is 79.0 Å². The van der Waals surface area contributed by atoms with Gasteiger partial charge in [-0.1, -0.05) is 18.2 Å². The molecule has 1 heterocycles. The van der Waals surface area contributed by atoms with Crippen LogP contribution >= 0.6 is 0 Å². The maximum Gasteiger partial charge on any atom is 0.412 e. The van der Waals surface area contributed by atoms with Crippen LogP contribution in [0.5, 0.6) is 0 Å². The molecule has 0 aromatic heterocycles. The monoisotopic (exact) mass is 441 g/mol. The summed E-state index contributed by atoms with van der Waals surface area (Å²) in [5.41, 5.74) is 1.05. The van der Waals surface area contributed by atoms with Gasteiger partial charge in [0.1, 0.15) is 11.4 Å². The molecular formula is C24H28FN3O4. The van der Waals surface area contributed by atoms with Gasteiger partial charge in [0.25, 0.3) is 5.91 Å². The maximum atomic E-state index is 13.0. The fraction of sp³-hybridized carbons (Fsp3) is 0.375. The molecule has 0 saturated carbocycles. The summed E-state index contributed by atoms with van der Waals surface area (Å²) in [5, 5.41) is 2.64. The zero-order valence-corrected chi connectivity index (χ0v) is 18.6. The van der Waals surface area contributed by atoms with E-state index in [1.54, 1.807) is 67.0 Å². The predicted octanol–water partition coefficient (Wildman–Crippen LogP) is 3.70. The van der Waals surface area contributed by atoms with Crippen molar-refractivity contribution in [3.63, 3.8) is 0 Å². The van der Waals surface area contributed by atoms with Gasteiger partial charge in [-0.05, 0) is 56.7 Å². The second-order valence-electron chi connectivity index (χ2n) is 8.68. The molecule has 2 aromatic rings. The molecule has 3 rings (SSSR count). The van der Waals surface area contributed by atoms with Crippen LogP contribution in [0.4, 0.5) is 14.9 Å². The van der Waals surface area contributed by atoms with Crippen molar-refractivity contribution in [1.82, 2.24) is 9.80 Å². The van der Waals surface area contributed by atoms with Gasteiger partial charge in [-0.15, -0.1) is 0 Å². The molecule has 3 amide bonds. The first kappa shape index (κ1) is 23.2. The molecule has 8 heteroatoms. The molecule has 0 atom stereocenters. The van der Waals surface area contributed by atoms with Crippen LogP contribution < -0.4 is 5.32 Å². The average molecular weight is 442 g/mol. The molecule has 170 valence electrons. The fourth-order valence-corrected chi connectivity index (χ4v) is 3.38. The fourth-order valence-electron chi connectivity index (χ4n) is 3.38. The molecule has 1 saturated heterocycles. The van der Waals surface area contributed by atoms with E-state index in [2.05, 4.69) is 5.32 Å². The van der Waals surface area contributed by atoms with Crippen LogP contribution in [-0.2, 0) is 16.0 Å². The summed E-state index contributed by atoms with van der Waals surface area (Å²) in [5.74, 6) is -0.547. The van der Waals surface area contributed by atoms with E-state index >= 15 is 0 Å². The van der Waals surface area contributed by atoms with Gasteiger partial charge in [-0.3, -0.25) is 14.9 Å². The van der Waals surface area contributed by atoms with Crippen LogP contribution in [0.15, 0.2) is 48.5 Å². The minimum Gasteiger partial charge on any atom is -0.444 e. The number of carbonyl (C=O) groups is 3. The van der Waals surface area contributed by atoms with E-state index in [0.717, 1.165) is 5.56 Å². The highest BCUT2D eigenvalue weighted by molar-refractivity contribution is 5.96. The second-order valence-corrected chi connectivity index (χ2v) is 8.68. The lowest BCUT2D eigenvalue weighted by Gasteiger charge is -2.35. The van der Waals surface area contributed by atoms with Crippen molar-refractivity contribution in [3.8, 4) is 0 Å². The minimum absolute atomic E-state index is 0.0488. The van der Waals surface area contributed by atoms with Crippen molar-refractivity contribution in [2.45, 2.75) is 32.8 Å². The van der Waals surface area contributed by atoms with Crippen LogP contribution in [0.2, 0.25) is 0 Å². The smallest absolute Gasteiger partial charge is 0.412 e. The Kier molecular flexibility index (Phi) is 7.12. The highest BCUT2D eigenvalue weighted by Crippen LogP contribution is 2.16. The molecule has 1 N–H and O–H groups in total. The minimum atomic E-state index is -0.620. The highest BCUT2D eigenvalue weighted by Gasteiger charge is 2.25. The number of rotatable bonds is 4. The van der Waals surface area contributed by atoms with E-state index in [0.29, 0.717) is 37.4 Å². The Bertz CT molecular complexity index is 977.